The van der Waals surface area contributed by atoms with Gasteiger partial charge in [0.25, 0.3) is 0 Å². The third kappa shape index (κ3) is 3.00. The van der Waals surface area contributed by atoms with E-state index in [-0.39, 0.29) is 6.04 Å². The van der Waals surface area contributed by atoms with Crippen LogP contribution in [-0.4, -0.2) is 26.5 Å². The first-order valence-corrected chi connectivity index (χ1v) is 7.23. The van der Waals surface area contributed by atoms with Gasteiger partial charge in [0.1, 0.15) is 5.52 Å². The summed E-state index contributed by atoms with van der Waals surface area (Å²) in [6.45, 7) is 8.57. The Hall–Kier alpha value is -1.29. The fourth-order valence-corrected chi connectivity index (χ4v) is 2.33. The number of halogens is 1. The predicted octanol–water partition coefficient (Wildman–Crippen LogP) is 3.53. The first-order chi connectivity index (χ1) is 9.02. The molecule has 0 radical (unpaired) electrons. The van der Waals surface area contributed by atoms with Gasteiger partial charge in [0.2, 0.25) is 0 Å². The van der Waals surface area contributed by atoms with Crippen LogP contribution in [0.15, 0.2) is 18.5 Å². The third-order valence-corrected chi connectivity index (χ3v) is 3.63. The Morgan fingerprint density at radius 2 is 2.05 bits per heavy atom. The van der Waals surface area contributed by atoms with Gasteiger partial charge in [0.05, 0.1) is 5.69 Å². The molecule has 2 aromatic heterocycles. The summed E-state index contributed by atoms with van der Waals surface area (Å²) in [4.78, 5) is 4.42. The molecule has 0 spiro atoms. The molecule has 0 aliphatic carbocycles. The normalized spacial score (nSPS) is 13.4. The minimum absolute atomic E-state index is 0.206. The summed E-state index contributed by atoms with van der Waals surface area (Å²) < 4.78 is 1.87. The summed E-state index contributed by atoms with van der Waals surface area (Å²) in [6.07, 6.45) is 3.63. The summed E-state index contributed by atoms with van der Waals surface area (Å²) in [6, 6.07) is 2.30. The predicted molar refractivity (Wildman–Crippen MR) is 80.0 cm³/mol. The molecule has 5 heteroatoms. The maximum Gasteiger partial charge on any atom is 0.152 e. The van der Waals surface area contributed by atoms with Crippen molar-refractivity contribution in [3.8, 4) is 0 Å². The van der Waals surface area contributed by atoms with Crippen LogP contribution in [0.25, 0.3) is 5.52 Å². The summed E-state index contributed by atoms with van der Waals surface area (Å²) in [5, 5.41) is 7.97. The Labute approximate surface area is 119 Å². The van der Waals surface area contributed by atoms with E-state index < -0.39 is 0 Å². The molecule has 19 heavy (non-hydrogen) atoms. The molecule has 104 valence electrons. The minimum atomic E-state index is 0.206. The highest BCUT2D eigenvalue weighted by Crippen LogP contribution is 2.21. The second kappa shape index (κ2) is 5.78. The molecule has 0 amide bonds. The van der Waals surface area contributed by atoms with Gasteiger partial charge in [-0.3, -0.25) is 0 Å². The molecule has 0 bridgehead atoms. The van der Waals surface area contributed by atoms with Crippen LogP contribution in [0.5, 0.6) is 0 Å². The molecule has 0 fully saturated rings. The lowest BCUT2D eigenvalue weighted by atomic mass is 10.1. The molecule has 0 saturated carbocycles. The highest BCUT2D eigenvalue weighted by molar-refractivity contribution is 6.18. The number of nitrogens with zero attached hydrogens (tertiary/aromatic N) is 3. The Bertz CT molecular complexity index is 547. The number of rotatable bonds is 5. The van der Waals surface area contributed by atoms with Crippen LogP contribution in [0.2, 0.25) is 0 Å². The number of anilines is 1. The van der Waals surface area contributed by atoms with Crippen LogP contribution in [-0.2, 0) is 0 Å². The van der Waals surface area contributed by atoms with Gasteiger partial charge in [-0.1, -0.05) is 27.7 Å². The van der Waals surface area contributed by atoms with E-state index in [9.17, 15) is 0 Å². The molecule has 0 aromatic carbocycles. The van der Waals surface area contributed by atoms with E-state index in [1.165, 1.54) is 0 Å². The molecule has 1 unspecified atom stereocenters. The SMILES string of the molecule is CC(C)c1cc2c(NC(CCl)C(C)C)nccn2n1. The van der Waals surface area contributed by atoms with Gasteiger partial charge in [-0.05, 0) is 17.9 Å². The van der Waals surface area contributed by atoms with Crippen molar-refractivity contribution in [3.05, 3.63) is 24.2 Å². The summed E-state index contributed by atoms with van der Waals surface area (Å²) in [5.74, 6) is 2.26. The Morgan fingerprint density at radius 3 is 2.63 bits per heavy atom. The zero-order valence-corrected chi connectivity index (χ0v) is 12.6. The molecule has 0 aliphatic heterocycles. The Morgan fingerprint density at radius 1 is 1.32 bits per heavy atom. The van der Waals surface area contributed by atoms with Gasteiger partial charge >= 0.3 is 0 Å². The monoisotopic (exact) mass is 280 g/mol. The second-order valence-corrected chi connectivity index (χ2v) is 5.79. The quantitative estimate of drug-likeness (QED) is 0.852. The van der Waals surface area contributed by atoms with Gasteiger partial charge < -0.3 is 5.32 Å². The largest absolute Gasteiger partial charge is 0.364 e. The van der Waals surface area contributed by atoms with E-state index in [2.05, 4.69) is 49.2 Å². The summed E-state index contributed by atoms with van der Waals surface area (Å²) >= 11 is 6.01. The molecule has 0 aliphatic rings. The van der Waals surface area contributed by atoms with E-state index in [1.54, 1.807) is 6.20 Å². The van der Waals surface area contributed by atoms with Crippen molar-refractivity contribution in [2.24, 2.45) is 5.92 Å². The highest BCUT2D eigenvalue weighted by Gasteiger charge is 2.15. The zero-order chi connectivity index (χ0) is 14.0. The van der Waals surface area contributed by atoms with Crippen LogP contribution in [0.3, 0.4) is 0 Å². The molecule has 0 saturated heterocycles. The third-order valence-electron chi connectivity index (χ3n) is 3.29. The Balaban J connectivity index is 2.37. The molecule has 1 atom stereocenters. The fourth-order valence-electron chi connectivity index (χ4n) is 1.89. The number of aromatic nitrogens is 3. The minimum Gasteiger partial charge on any atom is -0.364 e. The van der Waals surface area contributed by atoms with Crippen LogP contribution >= 0.6 is 11.6 Å². The van der Waals surface area contributed by atoms with E-state index in [1.807, 2.05) is 10.7 Å². The number of hydrogen-bond donors (Lipinski definition) is 1. The van der Waals surface area contributed by atoms with Crippen LogP contribution in [0.1, 0.15) is 39.3 Å². The second-order valence-electron chi connectivity index (χ2n) is 5.48. The van der Waals surface area contributed by atoms with E-state index in [4.69, 9.17) is 11.6 Å². The molecule has 2 rings (SSSR count). The summed E-state index contributed by atoms with van der Waals surface area (Å²) in [5.41, 5.74) is 2.07. The van der Waals surface area contributed by atoms with Crippen molar-refractivity contribution in [1.82, 2.24) is 14.6 Å². The van der Waals surface area contributed by atoms with Gasteiger partial charge in [-0.2, -0.15) is 5.10 Å². The Kier molecular flexibility index (Phi) is 4.30. The van der Waals surface area contributed by atoms with Crippen molar-refractivity contribution in [2.75, 3.05) is 11.2 Å². The molecular formula is C14H21ClN4. The van der Waals surface area contributed by atoms with Crippen molar-refractivity contribution < 1.29 is 0 Å². The molecular weight excluding hydrogens is 260 g/mol. The number of alkyl halides is 1. The zero-order valence-electron chi connectivity index (χ0n) is 11.9. The lowest BCUT2D eigenvalue weighted by molar-refractivity contribution is 0.563. The van der Waals surface area contributed by atoms with E-state index in [0.29, 0.717) is 17.7 Å². The average Bonchev–Trinajstić information content (AvgIpc) is 2.80. The van der Waals surface area contributed by atoms with Crippen LogP contribution < -0.4 is 5.32 Å². The first-order valence-electron chi connectivity index (χ1n) is 6.69. The fraction of sp³-hybridized carbons (Fsp3) is 0.571. The van der Waals surface area contributed by atoms with Crippen LogP contribution in [0.4, 0.5) is 5.82 Å². The van der Waals surface area contributed by atoms with Gasteiger partial charge in [-0.15, -0.1) is 11.6 Å². The number of fused-ring (bicyclic) bond motifs is 1. The molecule has 4 nitrogen and oxygen atoms in total. The smallest absolute Gasteiger partial charge is 0.152 e. The van der Waals surface area contributed by atoms with Crippen LogP contribution in [0, 0.1) is 5.92 Å². The van der Waals surface area contributed by atoms with Crippen molar-refractivity contribution >= 4 is 22.9 Å². The standard InChI is InChI=1S/C14H21ClN4/c1-9(2)11-7-13-14(16-5-6-19(13)18-11)17-12(8-15)10(3)4/h5-7,9-10,12H,8H2,1-4H3,(H,16,17). The first kappa shape index (κ1) is 14.1. The highest BCUT2D eigenvalue weighted by atomic mass is 35.5. The van der Waals surface area contributed by atoms with Gasteiger partial charge in [-0.25, -0.2) is 9.50 Å². The molecule has 2 heterocycles. The van der Waals surface area contributed by atoms with Gasteiger partial charge in [0, 0.05) is 24.3 Å². The van der Waals surface area contributed by atoms with Crippen molar-refractivity contribution in [3.63, 3.8) is 0 Å². The van der Waals surface area contributed by atoms with E-state index in [0.717, 1.165) is 17.0 Å². The summed E-state index contributed by atoms with van der Waals surface area (Å²) in [7, 11) is 0. The molecule has 2 aromatic rings. The molecule has 1 N–H and O–H groups in total. The van der Waals surface area contributed by atoms with E-state index >= 15 is 0 Å². The van der Waals surface area contributed by atoms with Crippen molar-refractivity contribution in [1.29, 1.82) is 0 Å². The number of hydrogen-bond acceptors (Lipinski definition) is 3. The lowest BCUT2D eigenvalue weighted by Gasteiger charge is -2.20. The lowest BCUT2D eigenvalue weighted by Crippen LogP contribution is -2.28. The maximum atomic E-state index is 6.01. The van der Waals surface area contributed by atoms with Gasteiger partial charge in [0.15, 0.2) is 5.82 Å². The topological polar surface area (TPSA) is 42.2 Å². The average molecular weight is 281 g/mol. The van der Waals surface area contributed by atoms with Crippen molar-refractivity contribution in [2.45, 2.75) is 39.7 Å². The number of nitrogens with one attached hydrogen (secondary N) is 1. The maximum absolute atomic E-state index is 6.01.